The molecule has 33 heavy (non-hydrogen) atoms. The fourth-order valence-electron chi connectivity index (χ4n) is 4.48. The van der Waals surface area contributed by atoms with Gasteiger partial charge in [0.15, 0.2) is 0 Å². The Kier molecular flexibility index (Phi) is 7.83. The molecule has 4 rings (SSSR count). The number of amides is 1. The molecule has 1 aromatic heterocycles. The molecule has 0 saturated carbocycles. The highest BCUT2D eigenvalue weighted by Crippen LogP contribution is 2.33. The molecule has 0 spiro atoms. The van der Waals surface area contributed by atoms with Gasteiger partial charge in [0.1, 0.15) is 12.3 Å². The lowest BCUT2D eigenvalue weighted by Crippen LogP contribution is -2.48. The molecule has 0 aliphatic carbocycles. The van der Waals surface area contributed by atoms with Crippen molar-refractivity contribution in [2.75, 3.05) is 36.4 Å². The predicted octanol–water partition coefficient (Wildman–Crippen LogP) is 5.72. The molecule has 2 aromatic carbocycles. The molecule has 6 nitrogen and oxygen atoms in total. The lowest BCUT2D eigenvalue weighted by atomic mass is 10.0. The highest BCUT2D eigenvalue weighted by Gasteiger charge is 2.29. The quantitative estimate of drug-likeness (QED) is 0.419. The average Bonchev–Trinajstić information content (AvgIpc) is 3.36. The Balaban J connectivity index is 1.43. The molecule has 1 aliphatic heterocycles. The van der Waals surface area contributed by atoms with Crippen LogP contribution in [0.5, 0.6) is 0 Å². The van der Waals surface area contributed by atoms with Gasteiger partial charge >= 0.3 is 0 Å². The standard InChI is InChI=1S/C26H31BrN4O2/c1-3-19(4-2)25(32)29-21-10-11-23(22(27)18-21)30-13-15-31(16-14-30)24(26-28-12-17-33-26)20-8-6-5-7-9-20/h5-12,17-19,24H,3-4,13-16H2,1-2H3,(H,29,32). The van der Waals surface area contributed by atoms with Gasteiger partial charge in [-0.1, -0.05) is 44.2 Å². The fourth-order valence-corrected chi connectivity index (χ4v) is 5.11. The van der Waals surface area contributed by atoms with Crippen molar-refractivity contribution in [1.29, 1.82) is 0 Å². The van der Waals surface area contributed by atoms with Crippen molar-refractivity contribution in [3.63, 3.8) is 0 Å². The topological polar surface area (TPSA) is 61.6 Å². The van der Waals surface area contributed by atoms with Crippen molar-refractivity contribution < 1.29 is 9.21 Å². The molecule has 1 atom stereocenters. The van der Waals surface area contributed by atoms with E-state index >= 15 is 0 Å². The van der Waals surface area contributed by atoms with Gasteiger partial charge in [-0.2, -0.15) is 0 Å². The second-order valence-corrected chi connectivity index (χ2v) is 9.23. The van der Waals surface area contributed by atoms with Gasteiger partial charge in [-0.3, -0.25) is 9.69 Å². The van der Waals surface area contributed by atoms with Crippen LogP contribution in [-0.4, -0.2) is 42.0 Å². The summed E-state index contributed by atoms with van der Waals surface area (Å²) < 4.78 is 6.69. The Morgan fingerprint density at radius 2 is 1.82 bits per heavy atom. The van der Waals surface area contributed by atoms with Gasteiger partial charge in [-0.15, -0.1) is 0 Å². The zero-order valence-corrected chi connectivity index (χ0v) is 20.8. The maximum atomic E-state index is 12.4. The van der Waals surface area contributed by atoms with E-state index in [1.54, 1.807) is 12.5 Å². The number of anilines is 2. The molecule has 0 bridgehead atoms. The Hall–Kier alpha value is -2.64. The van der Waals surface area contributed by atoms with E-state index in [0.29, 0.717) is 0 Å². The molecule has 1 saturated heterocycles. The van der Waals surface area contributed by atoms with Crippen LogP contribution in [0.1, 0.15) is 44.2 Å². The minimum atomic E-state index is 0.00876. The van der Waals surface area contributed by atoms with E-state index in [1.165, 1.54) is 5.56 Å². The minimum Gasteiger partial charge on any atom is -0.447 e. The van der Waals surface area contributed by atoms with Crippen LogP contribution < -0.4 is 10.2 Å². The number of aromatic nitrogens is 1. The zero-order chi connectivity index (χ0) is 23.2. The summed E-state index contributed by atoms with van der Waals surface area (Å²) in [6, 6.07) is 16.5. The number of carbonyl (C=O) groups is 1. The van der Waals surface area contributed by atoms with E-state index in [4.69, 9.17) is 4.42 Å². The first-order valence-corrected chi connectivity index (χ1v) is 12.4. The van der Waals surface area contributed by atoms with Gasteiger partial charge in [0.25, 0.3) is 0 Å². The van der Waals surface area contributed by atoms with Crippen molar-refractivity contribution in [2.45, 2.75) is 32.7 Å². The molecular weight excluding hydrogens is 480 g/mol. The number of nitrogens with one attached hydrogen (secondary N) is 1. The summed E-state index contributed by atoms with van der Waals surface area (Å²) in [6.07, 6.45) is 5.05. The Bertz CT molecular complexity index is 1030. The van der Waals surface area contributed by atoms with Crippen LogP contribution in [0.2, 0.25) is 0 Å². The van der Waals surface area contributed by atoms with Gasteiger partial charge in [-0.05, 0) is 52.5 Å². The third-order valence-electron chi connectivity index (χ3n) is 6.39. The van der Waals surface area contributed by atoms with E-state index < -0.39 is 0 Å². The summed E-state index contributed by atoms with van der Waals surface area (Å²) >= 11 is 3.72. The third kappa shape index (κ3) is 5.47. The van der Waals surface area contributed by atoms with E-state index in [-0.39, 0.29) is 17.9 Å². The number of benzene rings is 2. The Morgan fingerprint density at radius 3 is 2.42 bits per heavy atom. The summed E-state index contributed by atoms with van der Waals surface area (Å²) in [7, 11) is 0. The molecule has 174 valence electrons. The van der Waals surface area contributed by atoms with Gasteiger partial charge < -0.3 is 14.6 Å². The molecule has 3 aromatic rings. The fraction of sp³-hybridized carbons (Fsp3) is 0.385. The number of oxazole rings is 1. The average molecular weight is 511 g/mol. The van der Waals surface area contributed by atoms with Crippen molar-refractivity contribution in [2.24, 2.45) is 5.92 Å². The predicted molar refractivity (Wildman–Crippen MR) is 135 cm³/mol. The van der Waals surface area contributed by atoms with E-state index in [2.05, 4.69) is 80.2 Å². The Morgan fingerprint density at radius 1 is 1.09 bits per heavy atom. The summed E-state index contributed by atoms with van der Waals surface area (Å²) in [5.74, 6) is 0.873. The van der Waals surface area contributed by atoms with E-state index in [9.17, 15) is 4.79 Å². The number of hydrogen-bond acceptors (Lipinski definition) is 5. The molecule has 1 amide bonds. The smallest absolute Gasteiger partial charge is 0.227 e. The van der Waals surface area contributed by atoms with Crippen LogP contribution >= 0.6 is 15.9 Å². The first kappa shape index (κ1) is 23.5. The molecule has 1 aliphatic rings. The third-order valence-corrected chi connectivity index (χ3v) is 7.03. The highest BCUT2D eigenvalue weighted by molar-refractivity contribution is 9.10. The van der Waals surface area contributed by atoms with Crippen LogP contribution in [0.15, 0.2) is 69.9 Å². The number of hydrogen-bond donors (Lipinski definition) is 1. The molecule has 0 radical (unpaired) electrons. The second kappa shape index (κ2) is 11.0. The first-order valence-electron chi connectivity index (χ1n) is 11.6. The van der Waals surface area contributed by atoms with Gasteiger partial charge in [0, 0.05) is 42.3 Å². The van der Waals surface area contributed by atoms with Crippen molar-refractivity contribution in [1.82, 2.24) is 9.88 Å². The van der Waals surface area contributed by atoms with E-state index in [1.807, 2.05) is 18.2 Å². The van der Waals surface area contributed by atoms with Gasteiger partial charge in [0.2, 0.25) is 11.8 Å². The normalized spacial score (nSPS) is 15.6. The largest absolute Gasteiger partial charge is 0.447 e. The molecule has 7 heteroatoms. The van der Waals surface area contributed by atoms with Crippen LogP contribution in [0.4, 0.5) is 11.4 Å². The van der Waals surface area contributed by atoms with Crippen LogP contribution in [0.3, 0.4) is 0 Å². The number of halogens is 1. The summed E-state index contributed by atoms with van der Waals surface area (Å²) in [4.78, 5) is 21.7. The van der Waals surface area contributed by atoms with Crippen LogP contribution in [-0.2, 0) is 4.79 Å². The maximum Gasteiger partial charge on any atom is 0.227 e. The SMILES string of the molecule is CCC(CC)C(=O)Nc1ccc(N2CCN(C(c3ccccc3)c3ncco3)CC2)c(Br)c1. The van der Waals surface area contributed by atoms with Crippen LogP contribution in [0.25, 0.3) is 0 Å². The van der Waals surface area contributed by atoms with Gasteiger partial charge in [0.05, 0.1) is 11.9 Å². The highest BCUT2D eigenvalue weighted by atomic mass is 79.9. The van der Waals surface area contributed by atoms with Crippen molar-refractivity contribution in [3.05, 3.63) is 76.9 Å². The molecular formula is C26H31BrN4O2. The molecule has 1 unspecified atom stereocenters. The summed E-state index contributed by atoms with van der Waals surface area (Å²) in [6.45, 7) is 7.67. The molecule has 1 fully saturated rings. The molecule has 2 heterocycles. The monoisotopic (exact) mass is 510 g/mol. The lowest BCUT2D eigenvalue weighted by Gasteiger charge is -2.39. The van der Waals surface area contributed by atoms with Crippen LogP contribution in [0, 0.1) is 5.92 Å². The summed E-state index contributed by atoms with van der Waals surface area (Å²) in [5.41, 5.74) is 3.16. The lowest BCUT2D eigenvalue weighted by molar-refractivity contribution is -0.120. The number of rotatable bonds is 8. The van der Waals surface area contributed by atoms with Crippen molar-refractivity contribution in [3.8, 4) is 0 Å². The second-order valence-electron chi connectivity index (χ2n) is 8.38. The molecule has 1 N–H and O–H groups in total. The number of nitrogens with zero attached hydrogens (tertiary/aromatic N) is 3. The minimum absolute atomic E-state index is 0.00876. The van der Waals surface area contributed by atoms with Gasteiger partial charge in [-0.25, -0.2) is 4.98 Å². The Labute approximate surface area is 204 Å². The zero-order valence-electron chi connectivity index (χ0n) is 19.2. The first-order chi connectivity index (χ1) is 16.1. The van der Waals surface area contributed by atoms with E-state index in [0.717, 1.165) is 60.8 Å². The number of carbonyl (C=O) groups excluding carboxylic acids is 1. The van der Waals surface area contributed by atoms with Crippen molar-refractivity contribution >= 4 is 33.2 Å². The maximum absolute atomic E-state index is 12.4. The number of piperazine rings is 1. The summed E-state index contributed by atoms with van der Waals surface area (Å²) in [5, 5.41) is 3.06.